The molecule has 1 nitrogen and oxygen atoms in total. The minimum atomic E-state index is 0.317. The first-order valence-corrected chi connectivity index (χ1v) is 8.04. The molecule has 4 heteroatoms. The molecule has 0 heterocycles. The largest absolute Gasteiger partial charge is 0.497 e. The number of halogens is 3. The van der Waals surface area contributed by atoms with E-state index in [9.17, 15) is 0 Å². The fourth-order valence-electron chi connectivity index (χ4n) is 2.31. The molecule has 0 aliphatic rings. The van der Waals surface area contributed by atoms with Crippen LogP contribution in [0.25, 0.3) is 0 Å². The molecule has 2 aromatic carbocycles. The molecule has 2 aromatic rings. The number of alkyl halides is 1. The van der Waals surface area contributed by atoms with Crippen LogP contribution < -0.4 is 4.74 Å². The minimum Gasteiger partial charge on any atom is -0.497 e. The van der Waals surface area contributed by atoms with Crippen molar-refractivity contribution >= 4 is 34.8 Å². The molecular formula is C17H17Cl3O. The van der Waals surface area contributed by atoms with Crippen molar-refractivity contribution in [1.82, 2.24) is 0 Å². The number of ether oxygens (including phenoxy) is 1. The second-order valence-electron chi connectivity index (χ2n) is 5.02. The van der Waals surface area contributed by atoms with Crippen LogP contribution in [0.4, 0.5) is 0 Å². The summed E-state index contributed by atoms with van der Waals surface area (Å²) in [7, 11) is 1.67. The fraction of sp³-hybridized carbons (Fsp3) is 0.294. The van der Waals surface area contributed by atoms with Gasteiger partial charge in [-0.3, -0.25) is 0 Å². The topological polar surface area (TPSA) is 9.23 Å². The maximum absolute atomic E-state index is 6.23. The highest BCUT2D eigenvalue weighted by Gasteiger charge is 2.12. The Morgan fingerprint density at radius 3 is 2.52 bits per heavy atom. The summed E-state index contributed by atoms with van der Waals surface area (Å²) in [4.78, 5) is 0. The molecule has 0 bridgehead atoms. The van der Waals surface area contributed by atoms with Gasteiger partial charge in [0.05, 0.1) is 7.11 Å². The molecule has 0 radical (unpaired) electrons. The van der Waals surface area contributed by atoms with Crippen molar-refractivity contribution < 1.29 is 4.74 Å². The first-order chi connectivity index (χ1) is 10.1. The van der Waals surface area contributed by atoms with Crippen LogP contribution in [0.1, 0.15) is 11.1 Å². The van der Waals surface area contributed by atoms with Gasteiger partial charge < -0.3 is 4.74 Å². The van der Waals surface area contributed by atoms with Gasteiger partial charge in [-0.15, -0.1) is 11.6 Å². The van der Waals surface area contributed by atoms with E-state index in [1.807, 2.05) is 30.3 Å². The Morgan fingerprint density at radius 2 is 1.86 bits per heavy atom. The number of hydrogen-bond acceptors (Lipinski definition) is 1. The second-order valence-corrected chi connectivity index (χ2v) is 6.17. The average molecular weight is 344 g/mol. The predicted molar refractivity (Wildman–Crippen MR) is 91.1 cm³/mol. The molecule has 0 saturated heterocycles. The summed E-state index contributed by atoms with van der Waals surface area (Å²) < 4.78 is 5.25. The number of rotatable bonds is 6. The van der Waals surface area contributed by atoms with Crippen LogP contribution in [0.3, 0.4) is 0 Å². The third kappa shape index (κ3) is 4.81. The van der Waals surface area contributed by atoms with E-state index < -0.39 is 0 Å². The van der Waals surface area contributed by atoms with Gasteiger partial charge in [0.15, 0.2) is 0 Å². The summed E-state index contributed by atoms with van der Waals surface area (Å²) in [6.07, 6.45) is 1.72. The van der Waals surface area contributed by atoms with E-state index in [4.69, 9.17) is 39.5 Å². The number of benzene rings is 2. The minimum absolute atomic E-state index is 0.317. The fourth-order valence-corrected chi connectivity index (χ4v) is 3.02. The van der Waals surface area contributed by atoms with Crippen LogP contribution >= 0.6 is 34.8 Å². The normalized spacial score (nSPS) is 12.2. The summed E-state index contributed by atoms with van der Waals surface area (Å²) in [5.74, 6) is 1.76. The molecule has 0 amide bonds. The molecule has 0 aromatic heterocycles. The van der Waals surface area contributed by atoms with Gasteiger partial charge in [0.25, 0.3) is 0 Å². The molecule has 2 rings (SSSR count). The zero-order valence-electron chi connectivity index (χ0n) is 11.8. The lowest BCUT2D eigenvalue weighted by Crippen LogP contribution is -2.10. The second kappa shape index (κ2) is 7.93. The average Bonchev–Trinajstić information content (AvgIpc) is 2.49. The third-order valence-electron chi connectivity index (χ3n) is 3.40. The van der Waals surface area contributed by atoms with Crippen molar-refractivity contribution in [1.29, 1.82) is 0 Å². The summed E-state index contributed by atoms with van der Waals surface area (Å²) in [6.45, 7) is 0. The van der Waals surface area contributed by atoms with Gasteiger partial charge in [-0.2, -0.15) is 0 Å². The van der Waals surface area contributed by atoms with Gasteiger partial charge in [-0.05, 0) is 54.2 Å². The molecule has 21 heavy (non-hydrogen) atoms. The Bertz CT molecular complexity index is 598. The quantitative estimate of drug-likeness (QED) is 0.616. The molecule has 1 atom stereocenters. The Hall–Kier alpha value is -0.890. The van der Waals surface area contributed by atoms with Crippen LogP contribution in [-0.2, 0) is 12.8 Å². The van der Waals surface area contributed by atoms with E-state index in [1.54, 1.807) is 13.2 Å². The zero-order valence-corrected chi connectivity index (χ0v) is 14.1. The van der Waals surface area contributed by atoms with Gasteiger partial charge in [-0.25, -0.2) is 0 Å². The van der Waals surface area contributed by atoms with E-state index in [-0.39, 0.29) is 0 Å². The molecule has 0 N–H and O–H groups in total. The van der Waals surface area contributed by atoms with Crippen molar-refractivity contribution in [2.45, 2.75) is 12.8 Å². The van der Waals surface area contributed by atoms with E-state index >= 15 is 0 Å². The molecule has 0 saturated carbocycles. The standard InChI is InChI=1S/C17H17Cl3O/c1-21-16-4-2-3-12(9-16)7-13(11-18)8-14-5-6-15(19)10-17(14)20/h2-6,9-10,13H,7-8,11H2,1H3. The number of methoxy groups -OCH3 is 1. The van der Waals surface area contributed by atoms with Gasteiger partial charge in [0, 0.05) is 15.9 Å². The predicted octanol–water partition coefficient (Wildman–Crippen LogP) is 5.64. The van der Waals surface area contributed by atoms with E-state index in [1.165, 1.54) is 5.56 Å². The van der Waals surface area contributed by atoms with Crippen LogP contribution in [0.2, 0.25) is 10.0 Å². The van der Waals surface area contributed by atoms with Crippen molar-refractivity contribution in [3.05, 3.63) is 63.6 Å². The monoisotopic (exact) mass is 342 g/mol. The molecule has 112 valence electrons. The van der Waals surface area contributed by atoms with Crippen LogP contribution in [-0.4, -0.2) is 13.0 Å². The molecule has 0 aliphatic heterocycles. The van der Waals surface area contributed by atoms with Gasteiger partial charge in [0.2, 0.25) is 0 Å². The molecular weight excluding hydrogens is 327 g/mol. The summed E-state index contributed by atoms with van der Waals surface area (Å²) in [5, 5.41) is 1.35. The highest BCUT2D eigenvalue weighted by atomic mass is 35.5. The summed E-state index contributed by atoms with van der Waals surface area (Å²) in [6, 6.07) is 13.7. The highest BCUT2D eigenvalue weighted by Crippen LogP contribution is 2.26. The van der Waals surface area contributed by atoms with Gasteiger partial charge >= 0.3 is 0 Å². The van der Waals surface area contributed by atoms with Crippen molar-refractivity contribution in [2.24, 2.45) is 5.92 Å². The summed E-state index contributed by atoms with van der Waals surface area (Å²) >= 11 is 18.3. The molecule has 0 fully saturated rings. The molecule has 1 unspecified atom stereocenters. The van der Waals surface area contributed by atoms with Crippen LogP contribution in [0.15, 0.2) is 42.5 Å². The Balaban J connectivity index is 2.09. The first kappa shape index (κ1) is 16.5. The summed E-state index contributed by atoms with van der Waals surface area (Å²) in [5.41, 5.74) is 2.29. The Kier molecular flexibility index (Phi) is 6.22. The van der Waals surface area contributed by atoms with E-state index in [0.29, 0.717) is 21.8 Å². The Labute approximate surface area is 140 Å². The lowest BCUT2D eigenvalue weighted by Gasteiger charge is -2.15. The molecule has 0 aliphatic carbocycles. The SMILES string of the molecule is COc1cccc(CC(CCl)Cc2ccc(Cl)cc2Cl)c1. The maximum Gasteiger partial charge on any atom is 0.119 e. The van der Waals surface area contributed by atoms with Crippen LogP contribution in [0.5, 0.6) is 5.75 Å². The van der Waals surface area contributed by atoms with Crippen LogP contribution in [0, 0.1) is 5.92 Å². The van der Waals surface area contributed by atoms with E-state index in [2.05, 4.69) is 6.07 Å². The van der Waals surface area contributed by atoms with Gasteiger partial charge in [0.1, 0.15) is 5.75 Å². The van der Waals surface area contributed by atoms with Gasteiger partial charge in [-0.1, -0.05) is 41.4 Å². The molecule has 0 spiro atoms. The van der Waals surface area contributed by atoms with Crippen molar-refractivity contribution in [3.8, 4) is 5.75 Å². The first-order valence-electron chi connectivity index (χ1n) is 6.75. The Morgan fingerprint density at radius 1 is 1.05 bits per heavy atom. The smallest absolute Gasteiger partial charge is 0.119 e. The number of hydrogen-bond donors (Lipinski definition) is 0. The van der Waals surface area contributed by atoms with Crippen molar-refractivity contribution in [2.75, 3.05) is 13.0 Å². The third-order valence-corrected chi connectivity index (χ3v) is 4.42. The highest BCUT2D eigenvalue weighted by molar-refractivity contribution is 6.35. The van der Waals surface area contributed by atoms with E-state index in [0.717, 1.165) is 24.2 Å². The zero-order chi connectivity index (χ0) is 15.2. The lowest BCUT2D eigenvalue weighted by molar-refractivity contribution is 0.414. The van der Waals surface area contributed by atoms with Crippen molar-refractivity contribution in [3.63, 3.8) is 0 Å². The lowest BCUT2D eigenvalue weighted by atomic mass is 9.94. The maximum atomic E-state index is 6.23.